The lowest BCUT2D eigenvalue weighted by molar-refractivity contribution is -0.153. The lowest BCUT2D eigenvalue weighted by Crippen LogP contribution is -2.39. The van der Waals surface area contributed by atoms with Crippen LogP contribution in [0.3, 0.4) is 0 Å². The standard InChI is InChI=1S/C26H40O5Si/c1-29-32(3,30-2)18-17-21-11-15-24(27)25(19-21)31-26(28)16-12-20-9-13-23(14-10-20)22-7-5-4-6-8-22/h9-10,12-14,16,21-22,24-25,27H,4-8,11,15,17-19H2,1-3H3/b16-12+. The van der Waals surface area contributed by atoms with Gasteiger partial charge in [-0.05, 0) is 80.2 Å². The second kappa shape index (κ2) is 12.1. The summed E-state index contributed by atoms with van der Waals surface area (Å²) >= 11 is 0. The normalized spacial score (nSPS) is 25.2. The minimum Gasteiger partial charge on any atom is -0.456 e. The van der Waals surface area contributed by atoms with E-state index in [4.69, 9.17) is 13.6 Å². The van der Waals surface area contributed by atoms with Crippen LogP contribution in [-0.2, 0) is 18.4 Å². The van der Waals surface area contributed by atoms with E-state index in [1.54, 1.807) is 20.3 Å². The number of esters is 1. The second-order valence-electron chi connectivity index (χ2n) is 9.64. The molecule has 3 atom stereocenters. The van der Waals surface area contributed by atoms with Gasteiger partial charge in [0.15, 0.2) is 0 Å². The first-order valence-corrected chi connectivity index (χ1v) is 14.7. The van der Waals surface area contributed by atoms with Crippen molar-refractivity contribution in [3.8, 4) is 0 Å². The Kier molecular flexibility index (Phi) is 9.53. The highest BCUT2D eigenvalue weighted by atomic mass is 28.4. The molecule has 0 saturated heterocycles. The van der Waals surface area contributed by atoms with E-state index < -0.39 is 20.8 Å². The maximum absolute atomic E-state index is 12.4. The summed E-state index contributed by atoms with van der Waals surface area (Å²) in [6, 6.07) is 9.43. The monoisotopic (exact) mass is 460 g/mol. The number of carbonyl (C=O) groups excluding carboxylic acids is 1. The molecule has 2 aliphatic carbocycles. The molecule has 3 rings (SSSR count). The predicted octanol–water partition coefficient (Wildman–Crippen LogP) is 5.58. The molecule has 0 bridgehead atoms. The second-order valence-corrected chi connectivity index (χ2v) is 13.2. The van der Waals surface area contributed by atoms with Gasteiger partial charge in [0.2, 0.25) is 0 Å². The van der Waals surface area contributed by atoms with Crippen molar-refractivity contribution in [3.05, 3.63) is 41.5 Å². The largest absolute Gasteiger partial charge is 0.456 e. The van der Waals surface area contributed by atoms with Crippen LogP contribution in [0.1, 0.15) is 74.8 Å². The van der Waals surface area contributed by atoms with Crippen molar-refractivity contribution < 1.29 is 23.5 Å². The van der Waals surface area contributed by atoms with E-state index in [0.717, 1.165) is 24.4 Å². The molecule has 0 heterocycles. The molecule has 1 N–H and O–H groups in total. The topological polar surface area (TPSA) is 65.0 Å². The number of benzene rings is 1. The highest BCUT2D eigenvalue weighted by molar-refractivity contribution is 6.65. The molecular weight excluding hydrogens is 420 g/mol. The third-order valence-corrected chi connectivity index (χ3v) is 10.4. The molecule has 0 aliphatic heterocycles. The lowest BCUT2D eigenvalue weighted by atomic mass is 9.84. The summed E-state index contributed by atoms with van der Waals surface area (Å²) in [5.41, 5.74) is 2.40. The molecule has 0 aromatic heterocycles. The van der Waals surface area contributed by atoms with Gasteiger partial charge in [0.05, 0.1) is 6.10 Å². The van der Waals surface area contributed by atoms with Crippen LogP contribution in [0.2, 0.25) is 12.6 Å². The number of aliphatic hydroxyl groups is 1. The molecular formula is C26H40O5Si. The van der Waals surface area contributed by atoms with Crippen molar-refractivity contribution >= 4 is 20.6 Å². The van der Waals surface area contributed by atoms with E-state index in [9.17, 15) is 9.90 Å². The first-order chi connectivity index (χ1) is 15.4. The van der Waals surface area contributed by atoms with E-state index >= 15 is 0 Å². The molecule has 0 radical (unpaired) electrons. The molecule has 1 aromatic rings. The number of aliphatic hydroxyl groups excluding tert-OH is 1. The molecule has 2 fully saturated rings. The van der Waals surface area contributed by atoms with Crippen molar-refractivity contribution in [3.63, 3.8) is 0 Å². The minimum atomic E-state index is -2.10. The summed E-state index contributed by atoms with van der Waals surface area (Å²) in [4.78, 5) is 12.4. The highest BCUT2D eigenvalue weighted by Crippen LogP contribution is 2.33. The summed E-state index contributed by atoms with van der Waals surface area (Å²) in [6.07, 6.45) is 12.1. The Hall–Kier alpha value is -1.47. The smallest absolute Gasteiger partial charge is 0.334 e. The Bertz CT molecular complexity index is 737. The first kappa shape index (κ1) is 25.2. The Morgan fingerprint density at radius 1 is 1.06 bits per heavy atom. The Balaban J connectivity index is 1.48. The van der Waals surface area contributed by atoms with Crippen molar-refractivity contribution in [1.82, 2.24) is 0 Å². The number of rotatable bonds is 9. The van der Waals surface area contributed by atoms with Crippen LogP contribution in [-0.4, -0.2) is 46.1 Å². The first-order valence-electron chi connectivity index (χ1n) is 12.2. The number of carbonyl (C=O) groups is 1. The number of ether oxygens (including phenoxy) is 1. The van der Waals surface area contributed by atoms with Gasteiger partial charge in [0.25, 0.3) is 0 Å². The van der Waals surface area contributed by atoms with Gasteiger partial charge in [-0.3, -0.25) is 0 Å². The van der Waals surface area contributed by atoms with Crippen LogP contribution in [0.4, 0.5) is 0 Å². The van der Waals surface area contributed by atoms with Gasteiger partial charge < -0.3 is 18.7 Å². The fraction of sp³-hybridized carbons (Fsp3) is 0.654. The molecule has 0 spiro atoms. The molecule has 5 nitrogen and oxygen atoms in total. The lowest BCUT2D eigenvalue weighted by Gasteiger charge is -2.34. The minimum absolute atomic E-state index is 0.390. The fourth-order valence-corrected chi connectivity index (χ4v) is 6.51. The molecule has 178 valence electrons. The summed E-state index contributed by atoms with van der Waals surface area (Å²) in [6.45, 7) is 2.06. The van der Waals surface area contributed by atoms with Crippen molar-refractivity contribution in [2.45, 2.75) is 88.5 Å². The van der Waals surface area contributed by atoms with Crippen LogP contribution in [0.15, 0.2) is 30.3 Å². The summed E-state index contributed by atoms with van der Waals surface area (Å²) in [5.74, 6) is 0.699. The predicted molar refractivity (Wildman–Crippen MR) is 130 cm³/mol. The van der Waals surface area contributed by atoms with Crippen LogP contribution in [0.25, 0.3) is 6.08 Å². The van der Waals surface area contributed by atoms with Gasteiger partial charge >= 0.3 is 14.5 Å². The summed E-state index contributed by atoms with van der Waals surface area (Å²) in [5, 5.41) is 10.4. The van der Waals surface area contributed by atoms with Crippen molar-refractivity contribution in [2.24, 2.45) is 5.92 Å². The Morgan fingerprint density at radius 2 is 1.75 bits per heavy atom. The average Bonchev–Trinajstić information content (AvgIpc) is 2.84. The Morgan fingerprint density at radius 3 is 2.41 bits per heavy atom. The fourth-order valence-electron chi connectivity index (χ4n) is 5.01. The zero-order chi connectivity index (χ0) is 23.0. The van der Waals surface area contributed by atoms with Crippen molar-refractivity contribution in [2.75, 3.05) is 14.2 Å². The van der Waals surface area contributed by atoms with Gasteiger partial charge in [0.1, 0.15) is 6.10 Å². The van der Waals surface area contributed by atoms with E-state index in [2.05, 4.69) is 30.8 Å². The van der Waals surface area contributed by atoms with E-state index in [0.29, 0.717) is 24.7 Å². The molecule has 32 heavy (non-hydrogen) atoms. The zero-order valence-corrected chi connectivity index (χ0v) is 20.9. The molecule has 0 amide bonds. The van der Waals surface area contributed by atoms with Crippen LogP contribution >= 0.6 is 0 Å². The summed E-state index contributed by atoms with van der Waals surface area (Å²) in [7, 11) is 1.32. The van der Waals surface area contributed by atoms with E-state index in [1.807, 2.05) is 0 Å². The van der Waals surface area contributed by atoms with Gasteiger partial charge in [-0.1, -0.05) is 43.5 Å². The number of hydrogen-bond acceptors (Lipinski definition) is 5. The van der Waals surface area contributed by atoms with E-state index in [1.165, 1.54) is 43.7 Å². The van der Waals surface area contributed by atoms with Crippen molar-refractivity contribution in [1.29, 1.82) is 0 Å². The number of hydrogen-bond donors (Lipinski definition) is 1. The molecule has 3 unspecified atom stereocenters. The van der Waals surface area contributed by atoms with Gasteiger partial charge in [-0.2, -0.15) is 0 Å². The maximum Gasteiger partial charge on any atom is 0.334 e. The average molecular weight is 461 g/mol. The van der Waals surface area contributed by atoms with Gasteiger partial charge in [-0.25, -0.2) is 4.79 Å². The SMILES string of the molecule is CO[Si](C)(CCC1CCC(O)C(OC(=O)/C=C/c2ccc(C3CCCCC3)cc2)C1)OC. The molecule has 6 heteroatoms. The molecule has 1 aromatic carbocycles. The Labute approximate surface area is 194 Å². The van der Waals surface area contributed by atoms with Crippen LogP contribution in [0.5, 0.6) is 0 Å². The quantitative estimate of drug-likeness (QED) is 0.296. The molecule has 2 aliphatic rings. The summed E-state index contributed by atoms with van der Waals surface area (Å²) < 4.78 is 16.8. The third-order valence-electron chi connectivity index (χ3n) is 7.43. The maximum atomic E-state index is 12.4. The third kappa shape index (κ3) is 7.27. The highest BCUT2D eigenvalue weighted by Gasteiger charge is 2.35. The van der Waals surface area contributed by atoms with Gasteiger partial charge in [-0.15, -0.1) is 0 Å². The van der Waals surface area contributed by atoms with E-state index in [-0.39, 0.29) is 5.97 Å². The van der Waals surface area contributed by atoms with Crippen LogP contribution < -0.4 is 0 Å². The van der Waals surface area contributed by atoms with Crippen LogP contribution in [0, 0.1) is 5.92 Å². The molecule has 2 saturated carbocycles. The zero-order valence-electron chi connectivity index (χ0n) is 19.9. The van der Waals surface area contributed by atoms with Gasteiger partial charge in [0, 0.05) is 20.3 Å².